The van der Waals surface area contributed by atoms with Crippen LogP contribution in [0.5, 0.6) is 0 Å². The topological polar surface area (TPSA) is 49.9 Å². The number of methoxy groups -OCH3 is 1. The molecular weight excluding hydrogens is 323 g/mol. The molecule has 2 amide bonds. The molecule has 8 heteroatoms. The minimum Gasteiger partial charge on any atom is -0.383 e. The molecule has 0 aliphatic carbocycles. The van der Waals surface area contributed by atoms with Crippen molar-refractivity contribution in [3.05, 3.63) is 0 Å². The molecule has 0 atom stereocenters. The van der Waals surface area contributed by atoms with Gasteiger partial charge in [-0.05, 0) is 12.8 Å². The number of carbonyl (C=O) groups is 2. The summed E-state index contributed by atoms with van der Waals surface area (Å²) in [4.78, 5) is 26.2. The highest BCUT2D eigenvalue weighted by Gasteiger charge is 2.48. The lowest BCUT2D eigenvalue weighted by molar-refractivity contribution is -0.134. The van der Waals surface area contributed by atoms with Gasteiger partial charge in [0.1, 0.15) is 0 Å². The van der Waals surface area contributed by atoms with Gasteiger partial charge in [0, 0.05) is 26.7 Å². The Balaban J connectivity index is 1.99. The average Bonchev–Trinajstić information content (AvgIpc) is 2.73. The maximum atomic E-state index is 12.0. The SMILES string of the molecule is COCCN1C(=O)CSC12CCN(C(=O)C(Cl)Cl)CC2. The van der Waals surface area contributed by atoms with Gasteiger partial charge in [-0.25, -0.2) is 0 Å². The molecular formula is C12H18Cl2N2O3S. The van der Waals surface area contributed by atoms with Gasteiger partial charge >= 0.3 is 0 Å². The molecule has 2 heterocycles. The van der Waals surface area contributed by atoms with E-state index in [1.165, 1.54) is 0 Å². The van der Waals surface area contributed by atoms with Crippen molar-refractivity contribution in [2.45, 2.75) is 22.5 Å². The van der Waals surface area contributed by atoms with Gasteiger partial charge in [0.05, 0.1) is 17.2 Å². The molecule has 0 aromatic carbocycles. The van der Waals surface area contributed by atoms with Crippen LogP contribution in [-0.2, 0) is 14.3 Å². The maximum Gasteiger partial charge on any atom is 0.255 e. The minimum atomic E-state index is -1.01. The second kappa shape index (κ2) is 6.73. The lowest BCUT2D eigenvalue weighted by Crippen LogP contribution is -2.54. The molecule has 2 rings (SSSR count). The number of amides is 2. The predicted octanol–water partition coefficient (Wildman–Crippen LogP) is 1.33. The van der Waals surface area contributed by atoms with E-state index in [1.54, 1.807) is 23.8 Å². The highest BCUT2D eigenvalue weighted by molar-refractivity contribution is 8.01. The van der Waals surface area contributed by atoms with Crippen molar-refractivity contribution in [2.24, 2.45) is 0 Å². The first kappa shape index (κ1) is 16.2. The number of thioether (sulfide) groups is 1. The van der Waals surface area contributed by atoms with Gasteiger partial charge in [0.15, 0.2) is 4.84 Å². The molecule has 0 aromatic rings. The van der Waals surface area contributed by atoms with Crippen LogP contribution in [0.3, 0.4) is 0 Å². The van der Waals surface area contributed by atoms with E-state index in [2.05, 4.69) is 0 Å². The third-order valence-electron chi connectivity index (χ3n) is 3.82. The summed E-state index contributed by atoms with van der Waals surface area (Å²) in [5.74, 6) is 0.408. The Hall–Kier alpha value is -0.170. The van der Waals surface area contributed by atoms with E-state index in [0.29, 0.717) is 32.0 Å². The summed E-state index contributed by atoms with van der Waals surface area (Å²) >= 11 is 12.9. The molecule has 2 saturated heterocycles. The Bertz CT molecular complexity index is 387. The number of hydrogen-bond donors (Lipinski definition) is 0. The van der Waals surface area contributed by atoms with Crippen molar-refractivity contribution in [3.63, 3.8) is 0 Å². The number of piperidine rings is 1. The summed E-state index contributed by atoms with van der Waals surface area (Å²) in [5, 5.41) is 0. The molecule has 2 aliphatic rings. The number of carbonyl (C=O) groups excluding carboxylic acids is 2. The summed E-state index contributed by atoms with van der Waals surface area (Å²) < 4.78 is 5.07. The molecule has 0 unspecified atom stereocenters. The summed E-state index contributed by atoms with van der Waals surface area (Å²) in [6.07, 6.45) is 1.50. The van der Waals surface area contributed by atoms with Crippen molar-refractivity contribution < 1.29 is 14.3 Å². The van der Waals surface area contributed by atoms with Crippen LogP contribution in [0.4, 0.5) is 0 Å². The molecule has 2 aliphatic heterocycles. The average molecular weight is 341 g/mol. The monoisotopic (exact) mass is 340 g/mol. The molecule has 2 fully saturated rings. The van der Waals surface area contributed by atoms with Crippen molar-refractivity contribution >= 4 is 46.8 Å². The number of ether oxygens (including phenoxy) is 1. The van der Waals surface area contributed by atoms with Gasteiger partial charge < -0.3 is 14.5 Å². The molecule has 0 aromatic heterocycles. The van der Waals surface area contributed by atoms with E-state index in [0.717, 1.165) is 12.8 Å². The smallest absolute Gasteiger partial charge is 0.255 e. The third kappa shape index (κ3) is 3.18. The molecule has 0 saturated carbocycles. The molecule has 5 nitrogen and oxygen atoms in total. The number of alkyl halides is 2. The second-order valence-electron chi connectivity index (χ2n) is 4.90. The lowest BCUT2D eigenvalue weighted by atomic mass is 10.0. The highest BCUT2D eigenvalue weighted by atomic mass is 35.5. The van der Waals surface area contributed by atoms with Crippen LogP contribution >= 0.6 is 35.0 Å². The fourth-order valence-electron chi connectivity index (χ4n) is 2.72. The van der Waals surface area contributed by atoms with E-state index < -0.39 is 4.84 Å². The fraction of sp³-hybridized carbons (Fsp3) is 0.833. The van der Waals surface area contributed by atoms with E-state index in [9.17, 15) is 9.59 Å². The molecule has 0 N–H and O–H groups in total. The van der Waals surface area contributed by atoms with Gasteiger partial charge in [-0.15, -0.1) is 11.8 Å². The molecule has 0 radical (unpaired) electrons. The number of halogens is 2. The van der Waals surface area contributed by atoms with Crippen LogP contribution in [0.1, 0.15) is 12.8 Å². The summed E-state index contributed by atoms with van der Waals surface area (Å²) in [7, 11) is 1.63. The zero-order valence-electron chi connectivity index (χ0n) is 11.3. The quantitative estimate of drug-likeness (QED) is 0.724. The van der Waals surface area contributed by atoms with Crippen molar-refractivity contribution in [1.82, 2.24) is 9.80 Å². The normalized spacial score (nSPS) is 22.1. The Morgan fingerprint density at radius 1 is 1.45 bits per heavy atom. The van der Waals surface area contributed by atoms with E-state index in [-0.39, 0.29) is 16.7 Å². The van der Waals surface area contributed by atoms with Gasteiger partial charge in [-0.3, -0.25) is 9.59 Å². The van der Waals surface area contributed by atoms with Gasteiger partial charge in [-0.2, -0.15) is 0 Å². The number of rotatable bonds is 4. The van der Waals surface area contributed by atoms with Gasteiger partial charge in [0.25, 0.3) is 5.91 Å². The molecule has 114 valence electrons. The summed E-state index contributed by atoms with van der Waals surface area (Å²) in [5.41, 5.74) is 0. The van der Waals surface area contributed by atoms with Crippen LogP contribution in [0.2, 0.25) is 0 Å². The van der Waals surface area contributed by atoms with Crippen LogP contribution in [0.25, 0.3) is 0 Å². The predicted molar refractivity (Wildman–Crippen MR) is 80.1 cm³/mol. The first-order chi connectivity index (χ1) is 9.50. The highest BCUT2D eigenvalue weighted by Crippen LogP contribution is 2.44. The lowest BCUT2D eigenvalue weighted by Gasteiger charge is -2.44. The fourth-order valence-corrected chi connectivity index (χ4v) is 4.36. The van der Waals surface area contributed by atoms with Crippen LogP contribution < -0.4 is 0 Å². The maximum absolute atomic E-state index is 12.0. The number of hydrogen-bond acceptors (Lipinski definition) is 4. The Kier molecular flexibility index (Phi) is 5.45. The number of nitrogens with zero attached hydrogens (tertiary/aromatic N) is 2. The first-order valence-corrected chi connectivity index (χ1v) is 8.36. The third-order valence-corrected chi connectivity index (χ3v) is 5.75. The molecule has 1 spiro atoms. The van der Waals surface area contributed by atoms with Crippen molar-refractivity contribution in [3.8, 4) is 0 Å². The number of likely N-dealkylation sites (tertiary alicyclic amines) is 1. The first-order valence-electron chi connectivity index (χ1n) is 6.50. The Labute approximate surface area is 132 Å². The van der Waals surface area contributed by atoms with Gasteiger partial charge in [-0.1, -0.05) is 23.2 Å². The summed E-state index contributed by atoms with van der Waals surface area (Å²) in [6.45, 7) is 2.29. The zero-order chi connectivity index (χ0) is 14.8. The van der Waals surface area contributed by atoms with E-state index in [4.69, 9.17) is 27.9 Å². The largest absolute Gasteiger partial charge is 0.383 e. The second-order valence-corrected chi connectivity index (χ2v) is 7.33. The van der Waals surface area contributed by atoms with Crippen molar-refractivity contribution in [1.29, 1.82) is 0 Å². The Morgan fingerprint density at radius 2 is 2.10 bits per heavy atom. The summed E-state index contributed by atoms with van der Waals surface area (Å²) in [6, 6.07) is 0. The standard InChI is InChI=1S/C12H18Cl2N2O3S/c1-19-7-6-16-9(17)8-20-12(16)2-4-15(5-3-12)11(18)10(13)14/h10H,2-8H2,1H3. The van der Waals surface area contributed by atoms with Crippen molar-refractivity contribution in [2.75, 3.05) is 39.1 Å². The Morgan fingerprint density at radius 3 is 2.65 bits per heavy atom. The van der Waals surface area contributed by atoms with Crippen LogP contribution in [0.15, 0.2) is 0 Å². The molecule has 0 bridgehead atoms. The van der Waals surface area contributed by atoms with E-state index in [1.807, 2.05) is 4.90 Å². The zero-order valence-corrected chi connectivity index (χ0v) is 13.6. The molecule has 20 heavy (non-hydrogen) atoms. The van der Waals surface area contributed by atoms with Crippen LogP contribution in [0, 0.1) is 0 Å². The minimum absolute atomic E-state index is 0.152. The van der Waals surface area contributed by atoms with Crippen LogP contribution in [-0.4, -0.2) is 70.4 Å². The van der Waals surface area contributed by atoms with E-state index >= 15 is 0 Å². The van der Waals surface area contributed by atoms with Gasteiger partial charge in [0.2, 0.25) is 5.91 Å².